The van der Waals surface area contributed by atoms with E-state index in [1.165, 1.54) is 5.01 Å². The summed E-state index contributed by atoms with van der Waals surface area (Å²) in [7, 11) is 0. The molecule has 3 nitrogen and oxygen atoms in total. The van der Waals surface area contributed by atoms with Gasteiger partial charge in [-0.05, 0) is 39.3 Å². The van der Waals surface area contributed by atoms with Gasteiger partial charge in [0.1, 0.15) is 0 Å². The maximum Gasteiger partial charge on any atom is 0.268 e. The van der Waals surface area contributed by atoms with E-state index >= 15 is 0 Å². The van der Waals surface area contributed by atoms with Crippen molar-refractivity contribution in [3.63, 3.8) is 0 Å². The summed E-state index contributed by atoms with van der Waals surface area (Å²) in [5.41, 5.74) is 2.85. The molecular formula is C14H22N2O. The van der Waals surface area contributed by atoms with Gasteiger partial charge in [0.25, 0.3) is 5.91 Å². The van der Waals surface area contributed by atoms with Crippen LogP contribution in [0.1, 0.15) is 48.2 Å². The highest BCUT2D eigenvalue weighted by molar-refractivity contribution is 5.94. The van der Waals surface area contributed by atoms with Gasteiger partial charge < -0.3 is 0 Å². The Labute approximate surface area is 104 Å². The Morgan fingerprint density at radius 3 is 2.29 bits per heavy atom. The number of nitrogens with zero attached hydrogens (tertiary/aromatic N) is 1. The summed E-state index contributed by atoms with van der Waals surface area (Å²) in [6.07, 6.45) is 1.95. The summed E-state index contributed by atoms with van der Waals surface area (Å²) < 4.78 is 0. The van der Waals surface area contributed by atoms with Gasteiger partial charge >= 0.3 is 0 Å². The number of carbonyl (C=O) groups is 1. The molecule has 94 valence electrons. The van der Waals surface area contributed by atoms with Gasteiger partial charge in [-0.2, -0.15) is 0 Å². The second-order valence-electron chi connectivity index (χ2n) is 4.73. The first-order chi connectivity index (χ1) is 7.95. The summed E-state index contributed by atoms with van der Waals surface area (Å²) in [6.45, 7) is 8.04. The van der Waals surface area contributed by atoms with E-state index in [1.807, 2.05) is 39.0 Å². The molecule has 1 amide bonds. The highest BCUT2D eigenvalue weighted by atomic mass is 16.2. The molecule has 1 aromatic carbocycles. The molecule has 0 aromatic heterocycles. The lowest BCUT2D eigenvalue weighted by Crippen LogP contribution is -2.44. The number of aryl methyl sites for hydroxylation is 2. The monoisotopic (exact) mass is 234 g/mol. The number of rotatable bonds is 4. The van der Waals surface area contributed by atoms with E-state index in [1.54, 1.807) is 0 Å². The molecule has 1 atom stereocenters. The first kappa shape index (κ1) is 13.7. The van der Waals surface area contributed by atoms with E-state index in [0.717, 1.165) is 24.0 Å². The lowest BCUT2D eigenvalue weighted by molar-refractivity contribution is 0.0683. The third-order valence-electron chi connectivity index (χ3n) is 2.88. The lowest BCUT2D eigenvalue weighted by atomic mass is 10.1. The Bertz CT molecular complexity index is 381. The average Bonchev–Trinajstić information content (AvgIpc) is 2.26. The standard InChI is InChI=1S/C14H22N2O/c1-5-6-12(4)16(15)14(17)13-8-10(2)7-11(3)9-13/h7-9,12H,5-6,15H2,1-4H3/t12-/m0/s1. The van der Waals surface area contributed by atoms with E-state index in [9.17, 15) is 4.79 Å². The fraction of sp³-hybridized carbons (Fsp3) is 0.500. The minimum atomic E-state index is -0.0993. The molecule has 0 heterocycles. The molecule has 0 unspecified atom stereocenters. The zero-order valence-electron chi connectivity index (χ0n) is 11.2. The van der Waals surface area contributed by atoms with E-state index in [4.69, 9.17) is 5.84 Å². The zero-order chi connectivity index (χ0) is 13.0. The number of hydrogen-bond acceptors (Lipinski definition) is 2. The Morgan fingerprint density at radius 1 is 1.29 bits per heavy atom. The molecule has 0 aliphatic carbocycles. The van der Waals surface area contributed by atoms with Crippen LogP contribution in [0.25, 0.3) is 0 Å². The molecule has 1 rings (SSSR count). The van der Waals surface area contributed by atoms with E-state index < -0.39 is 0 Å². The number of benzene rings is 1. The van der Waals surface area contributed by atoms with Crippen LogP contribution in [0.2, 0.25) is 0 Å². The molecule has 17 heavy (non-hydrogen) atoms. The summed E-state index contributed by atoms with van der Waals surface area (Å²) >= 11 is 0. The van der Waals surface area contributed by atoms with Crippen molar-refractivity contribution in [3.05, 3.63) is 34.9 Å². The molecule has 0 radical (unpaired) electrons. The van der Waals surface area contributed by atoms with E-state index in [2.05, 4.69) is 6.92 Å². The Kier molecular flexibility index (Phi) is 4.70. The minimum Gasteiger partial charge on any atom is -0.274 e. The van der Waals surface area contributed by atoms with Crippen molar-refractivity contribution < 1.29 is 4.79 Å². The minimum absolute atomic E-state index is 0.0771. The number of hydrazine groups is 1. The third kappa shape index (κ3) is 3.56. The van der Waals surface area contributed by atoms with Crippen LogP contribution in [0.3, 0.4) is 0 Å². The van der Waals surface area contributed by atoms with Crippen LogP contribution in [0, 0.1) is 13.8 Å². The molecule has 2 N–H and O–H groups in total. The largest absolute Gasteiger partial charge is 0.274 e. The average molecular weight is 234 g/mol. The van der Waals surface area contributed by atoms with Crippen LogP contribution < -0.4 is 5.84 Å². The number of amides is 1. The maximum absolute atomic E-state index is 12.2. The number of nitrogens with two attached hydrogens (primary N) is 1. The van der Waals surface area contributed by atoms with Crippen molar-refractivity contribution in [1.82, 2.24) is 5.01 Å². The molecule has 0 spiro atoms. The summed E-state index contributed by atoms with van der Waals surface area (Å²) in [6, 6.07) is 5.89. The quantitative estimate of drug-likeness (QED) is 0.494. The Hall–Kier alpha value is -1.35. The second-order valence-corrected chi connectivity index (χ2v) is 4.73. The normalized spacial score (nSPS) is 12.3. The fourth-order valence-electron chi connectivity index (χ4n) is 2.00. The Balaban J connectivity index is 2.88. The smallest absolute Gasteiger partial charge is 0.268 e. The number of hydrogen-bond donors (Lipinski definition) is 1. The maximum atomic E-state index is 12.2. The van der Waals surface area contributed by atoms with E-state index in [0.29, 0.717) is 5.56 Å². The highest BCUT2D eigenvalue weighted by Gasteiger charge is 2.17. The predicted molar refractivity (Wildman–Crippen MR) is 70.6 cm³/mol. The molecule has 0 bridgehead atoms. The van der Waals surface area contributed by atoms with Gasteiger partial charge in [0.2, 0.25) is 0 Å². The lowest BCUT2D eigenvalue weighted by Gasteiger charge is -2.24. The predicted octanol–water partition coefficient (Wildman–Crippen LogP) is 2.81. The van der Waals surface area contributed by atoms with Gasteiger partial charge in [0.15, 0.2) is 0 Å². The second kappa shape index (κ2) is 5.82. The molecule has 3 heteroatoms. The van der Waals surface area contributed by atoms with Crippen LogP contribution in [0.4, 0.5) is 0 Å². The van der Waals surface area contributed by atoms with Gasteiger partial charge in [-0.25, -0.2) is 5.84 Å². The first-order valence-corrected chi connectivity index (χ1v) is 6.12. The van der Waals surface area contributed by atoms with Gasteiger partial charge in [0.05, 0.1) is 0 Å². The molecule has 0 aliphatic rings. The van der Waals surface area contributed by atoms with Gasteiger partial charge in [-0.3, -0.25) is 9.80 Å². The zero-order valence-corrected chi connectivity index (χ0v) is 11.2. The summed E-state index contributed by atoms with van der Waals surface area (Å²) in [5, 5.41) is 1.34. The van der Waals surface area contributed by atoms with Crippen molar-refractivity contribution >= 4 is 5.91 Å². The molecule has 0 fully saturated rings. The van der Waals surface area contributed by atoms with Gasteiger partial charge in [-0.1, -0.05) is 30.5 Å². The summed E-state index contributed by atoms with van der Waals surface area (Å²) in [5.74, 6) is 5.76. The Morgan fingerprint density at radius 2 is 1.82 bits per heavy atom. The molecule has 0 aliphatic heterocycles. The molecular weight excluding hydrogens is 212 g/mol. The van der Waals surface area contributed by atoms with Gasteiger partial charge in [-0.15, -0.1) is 0 Å². The fourth-order valence-corrected chi connectivity index (χ4v) is 2.00. The van der Waals surface area contributed by atoms with Crippen LogP contribution in [0.15, 0.2) is 18.2 Å². The van der Waals surface area contributed by atoms with Crippen molar-refractivity contribution in [2.24, 2.45) is 5.84 Å². The van der Waals surface area contributed by atoms with E-state index in [-0.39, 0.29) is 11.9 Å². The topological polar surface area (TPSA) is 46.3 Å². The SMILES string of the molecule is CCC[C@H](C)N(N)C(=O)c1cc(C)cc(C)c1. The van der Waals surface area contributed by atoms with Gasteiger partial charge in [0, 0.05) is 11.6 Å². The molecule has 0 saturated heterocycles. The van der Waals surface area contributed by atoms with Crippen LogP contribution >= 0.6 is 0 Å². The van der Waals surface area contributed by atoms with Crippen LogP contribution in [-0.4, -0.2) is 17.0 Å². The first-order valence-electron chi connectivity index (χ1n) is 6.12. The van der Waals surface area contributed by atoms with Crippen LogP contribution in [-0.2, 0) is 0 Å². The van der Waals surface area contributed by atoms with Crippen LogP contribution in [0.5, 0.6) is 0 Å². The number of carbonyl (C=O) groups excluding carboxylic acids is 1. The van der Waals surface area contributed by atoms with Crippen molar-refractivity contribution in [3.8, 4) is 0 Å². The van der Waals surface area contributed by atoms with Crippen molar-refractivity contribution in [2.75, 3.05) is 0 Å². The highest BCUT2D eigenvalue weighted by Crippen LogP contribution is 2.12. The molecule has 0 saturated carbocycles. The third-order valence-corrected chi connectivity index (χ3v) is 2.88. The van der Waals surface area contributed by atoms with Crippen molar-refractivity contribution in [1.29, 1.82) is 0 Å². The molecule has 1 aromatic rings. The summed E-state index contributed by atoms with van der Waals surface area (Å²) in [4.78, 5) is 12.2. The van der Waals surface area contributed by atoms with Crippen molar-refractivity contribution in [2.45, 2.75) is 46.6 Å².